The van der Waals surface area contributed by atoms with E-state index in [1.54, 1.807) is 0 Å². The third-order valence-corrected chi connectivity index (χ3v) is 4.69. The smallest absolute Gasteiger partial charge is 0.326 e. The van der Waals surface area contributed by atoms with E-state index >= 15 is 0 Å². The second-order valence-corrected chi connectivity index (χ2v) is 6.69. The van der Waals surface area contributed by atoms with Crippen LogP contribution in [0.2, 0.25) is 5.02 Å². The number of nitrogens with one attached hydrogen (secondary N) is 1. The Kier molecular flexibility index (Phi) is 5.55. The molecule has 27 heavy (non-hydrogen) atoms. The number of imide groups is 1. The summed E-state index contributed by atoms with van der Waals surface area (Å²) < 4.78 is 18.4. The molecular weight excluding hydrogens is 379 g/mol. The van der Waals surface area contributed by atoms with Gasteiger partial charge in [-0.2, -0.15) is 0 Å². The van der Waals surface area contributed by atoms with Crippen molar-refractivity contribution in [2.24, 2.45) is 11.8 Å². The molecule has 1 aromatic rings. The third-order valence-electron chi connectivity index (χ3n) is 4.45. The third kappa shape index (κ3) is 4.16. The summed E-state index contributed by atoms with van der Waals surface area (Å²) in [6, 6.07) is 3.63. The Morgan fingerprint density at radius 3 is 2.44 bits per heavy atom. The number of ether oxygens (including phenoxy) is 1. The summed E-state index contributed by atoms with van der Waals surface area (Å²) in [6.07, 6.45) is 4.61. The second-order valence-electron chi connectivity index (χ2n) is 6.25. The largest absolute Gasteiger partial charge is 0.454 e. The number of hydrogen-bond donors (Lipinski definition) is 1. The summed E-state index contributed by atoms with van der Waals surface area (Å²) >= 11 is 5.72. The van der Waals surface area contributed by atoms with E-state index in [0.29, 0.717) is 12.8 Å². The summed E-state index contributed by atoms with van der Waals surface area (Å²) in [7, 11) is 0. The first-order valence-corrected chi connectivity index (χ1v) is 8.65. The van der Waals surface area contributed by atoms with E-state index in [1.165, 1.54) is 12.1 Å². The van der Waals surface area contributed by atoms with E-state index in [1.807, 2.05) is 12.2 Å². The summed E-state index contributed by atoms with van der Waals surface area (Å²) in [5.41, 5.74) is -0.148. The molecule has 0 bridgehead atoms. The number of rotatable bonds is 5. The number of nitrogens with zero attached hydrogens (tertiary/aromatic N) is 1. The van der Waals surface area contributed by atoms with Gasteiger partial charge in [-0.3, -0.25) is 24.1 Å². The number of likely N-dealkylation sites (tertiary alicyclic amines) is 1. The summed E-state index contributed by atoms with van der Waals surface area (Å²) in [5.74, 6) is -4.06. The molecule has 1 aromatic carbocycles. The lowest BCUT2D eigenvalue weighted by Crippen LogP contribution is -2.37. The number of benzene rings is 1. The zero-order valence-corrected chi connectivity index (χ0v) is 14.9. The van der Waals surface area contributed by atoms with Gasteiger partial charge in [0.05, 0.1) is 17.5 Å². The highest BCUT2D eigenvalue weighted by atomic mass is 35.5. The van der Waals surface area contributed by atoms with E-state index in [2.05, 4.69) is 5.32 Å². The number of anilines is 1. The van der Waals surface area contributed by atoms with Gasteiger partial charge in [0.15, 0.2) is 6.61 Å². The fourth-order valence-electron chi connectivity index (χ4n) is 3.13. The fourth-order valence-corrected chi connectivity index (χ4v) is 3.30. The molecule has 0 radical (unpaired) electrons. The molecule has 9 heteroatoms. The minimum absolute atomic E-state index is 0.148. The molecule has 3 rings (SSSR count). The van der Waals surface area contributed by atoms with Crippen LogP contribution in [0, 0.1) is 17.7 Å². The van der Waals surface area contributed by atoms with Crippen LogP contribution in [0.3, 0.4) is 0 Å². The maximum atomic E-state index is 13.6. The summed E-state index contributed by atoms with van der Waals surface area (Å²) in [5, 5.41) is 2.45. The summed E-state index contributed by atoms with van der Waals surface area (Å²) in [6.45, 7) is -1.24. The molecule has 1 heterocycles. The van der Waals surface area contributed by atoms with Crippen molar-refractivity contribution in [2.75, 3.05) is 18.5 Å². The van der Waals surface area contributed by atoms with Gasteiger partial charge in [0.2, 0.25) is 11.8 Å². The van der Waals surface area contributed by atoms with Gasteiger partial charge in [-0.15, -0.1) is 0 Å². The van der Waals surface area contributed by atoms with E-state index in [-0.39, 0.29) is 10.7 Å². The number of hydrogen-bond acceptors (Lipinski definition) is 5. The van der Waals surface area contributed by atoms with E-state index < -0.39 is 54.5 Å². The number of carbonyl (C=O) groups excluding carboxylic acids is 4. The molecule has 0 unspecified atom stereocenters. The average Bonchev–Trinajstić information content (AvgIpc) is 2.88. The standard InChI is InChI=1S/C18H16ClFN2O5/c19-10-5-6-13(20)14(7-10)21-15(23)9-27-16(24)8-22-17(25)11-3-1-2-4-12(11)18(22)26/h1-2,5-7,11-12H,3-4,8-9H2,(H,21,23)/t11-,12-/m1/s1. The topological polar surface area (TPSA) is 92.8 Å². The highest BCUT2D eigenvalue weighted by Crippen LogP contribution is 2.34. The van der Waals surface area contributed by atoms with Gasteiger partial charge in [-0.25, -0.2) is 4.39 Å². The normalized spacial score (nSPS) is 21.2. The average molecular weight is 395 g/mol. The van der Waals surface area contributed by atoms with Gasteiger partial charge in [0.1, 0.15) is 12.4 Å². The number of halogens is 2. The molecule has 1 saturated heterocycles. The first-order chi connectivity index (χ1) is 12.9. The Bertz CT molecular complexity index is 815. The Hall–Kier alpha value is -2.74. The van der Waals surface area contributed by atoms with Gasteiger partial charge < -0.3 is 10.1 Å². The van der Waals surface area contributed by atoms with Gasteiger partial charge in [-0.1, -0.05) is 23.8 Å². The van der Waals surface area contributed by atoms with Crippen LogP contribution < -0.4 is 5.32 Å². The maximum absolute atomic E-state index is 13.6. The molecule has 7 nitrogen and oxygen atoms in total. The van der Waals surface area contributed by atoms with Gasteiger partial charge in [0.25, 0.3) is 5.91 Å². The van der Waals surface area contributed by atoms with E-state index in [4.69, 9.17) is 16.3 Å². The molecule has 2 atom stereocenters. The number of fused-ring (bicyclic) bond motifs is 1. The molecule has 0 aromatic heterocycles. The maximum Gasteiger partial charge on any atom is 0.326 e. The Labute approximate surface area is 159 Å². The van der Waals surface area contributed by atoms with E-state index in [0.717, 1.165) is 11.0 Å². The van der Waals surface area contributed by atoms with Crippen molar-refractivity contribution in [2.45, 2.75) is 12.8 Å². The van der Waals surface area contributed by atoms with Crippen LogP contribution in [-0.4, -0.2) is 41.7 Å². The SMILES string of the molecule is O=C(COC(=O)CN1C(=O)[C@@H]2CC=CC[C@H]2C1=O)Nc1cc(Cl)ccc1F. The Morgan fingerprint density at radius 1 is 1.19 bits per heavy atom. The van der Waals surface area contributed by atoms with Crippen LogP contribution in [0.5, 0.6) is 0 Å². The molecule has 1 fully saturated rings. The lowest BCUT2D eigenvalue weighted by atomic mass is 9.85. The highest BCUT2D eigenvalue weighted by Gasteiger charge is 2.47. The predicted octanol–water partition coefficient (Wildman–Crippen LogP) is 1.91. The van der Waals surface area contributed by atoms with Crippen LogP contribution in [0.25, 0.3) is 0 Å². The van der Waals surface area contributed by atoms with Crippen molar-refractivity contribution in [3.05, 3.63) is 41.2 Å². The molecule has 142 valence electrons. The predicted molar refractivity (Wildman–Crippen MR) is 93.1 cm³/mol. The van der Waals surface area contributed by atoms with Crippen LogP contribution in [0.1, 0.15) is 12.8 Å². The number of amides is 3. The molecule has 1 N–H and O–H groups in total. The van der Waals surface area contributed by atoms with Crippen LogP contribution >= 0.6 is 11.6 Å². The minimum Gasteiger partial charge on any atom is -0.454 e. The second kappa shape index (κ2) is 7.87. The lowest BCUT2D eigenvalue weighted by Gasteiger charge is -2.14. The van der Waals surface area contributed by atoms with Crippen molar-refractivity contribution < 1.29 is 28.3 Å². The van der Waals surface area contributed by atoms with Crippen LogP contribution in [0.4, 0.5) is 10.1 Å². The number of esters is 1. The first kappa shape index (κ1) is 19.0. The van der Waals surface area contributed by atoms with Gasteiger partial charge in [-0.05, 0) is 31.0 Å². The van der Waals surface area contributed by atoms with Gasteiger partial charge >= 0.3 is 5.97 Å². The van der Waals surface area contributed by atoms with Crippen molar-refractivity contribution in [1.82, 2.24) is 4.90 Å². The molecule has 0 saturated carbocycles. The first-order valence-electron chi connectivity index (χ1n) is 8.27. The Morgan fingerprint density at radius 2 is 1.81 bits per heavy atom. The summed E-state index contributed by atoms with van der Waals surface area (Å²) in [4.78, 5) is 49.1. The quantitative estimate of drug-likeness (QED) is 0.468. The fraction of sp³-hybridized carbons (Fsp3) is 0.333. The van der Waals surface area contributed by atoms with Crippen molar-refractivity contribution in [3.8, 4) is 0 Å². The lowest BCUT2D eigenvalue weighted by molar-refractivity contribution is -0.154. The zero-order valence-electron chi connectivity index (χ0n) is 14.1. The Balaban J connectivity index is 1.51. The molecule has 1 aliphatic heterocycles. The monoisotopic (exact) mass is 394 g/mol. The molecule has 1 aliphatic carbocycles. The van der Waals surface area contributed by atoms with Gasteiger partial charge in [0, 0.05) is 5.02 Å². The minimum atomic E-state index is -0.898. The zero-order chi connectivity index (χ0) is 19.6. The molecule has 0 spiro atoms. The van der Waals surface area contributed by atoms with Crippen LogP contribution in [0.15, 0.2) is 30.4 Å². The number of carbonyl (C=O) groups is 4. The van der Waals surface area contributed by atoms with Crippen LogP contribution in [-0.2, 0) is 23.9 Å². The van der Waals surface area contributed by atoms with Crippen molar-refractivity contribution in [3.63, 3.8) is 0 Å². The molecule has 3 amide bonds. The highest BCUT2D eigenvalue weighted by molar-refractivity contribution is 6.30. The van der Waals surface area contributed by atoms with Crippen molar-refractivity contribution >= 4 is 41.0 Å². The van der Waals surface area contributed by atoms with E-state index in [9.17, 15) is 23.6 Å². The number of allylic oxidation sites excluding steroid dienone is 2. The van der Waals surface area contributed by atoms with Crippen molar-refractivity contribution in [1.29, 1.82) is 0 Å². The molecular formula is C18H16ClFN2O5. The molecule has 2 aliphatic rings.